The predicted molar refractivity (Wildman–Crippen MR) is 67.4 cm³/mol. The summed E-state index contributed by atoms with van der Waals surface area (Å²) in [5.41, 5.74) is 0.195. The zero-order valence-corrected chi connectivity index (χ0v) is 10.8. The van der Waals surface area contributed by atoms with Crippen molar-refractivity contribution in [3.63, 3.8) is 0 Å². The van der Waals surface area contributed by atoms with Crippen LogP contribution in [0, 0.1) is 21.4 Å². The minimum absolute atomic E-state index is 0.0398. The maximum atomic E-state index is 11.5. The van der Waals surface area contributed by atoms with Gasteiger partial charge in [0.2, 0.25) is 0 Å². The third-order valence-electron chi connectivity index (χ3n) is 1.96. The van der Waals surface area contributed by atoms with Gasteiger partial charge in [-0.1, -0.05) is 11.3 Å². The number of methoxy groups -OCH3 is 1. The van der Waals surface area contributed by atoms with E-state index in [1.165, 1.54) is 24.6 Å². The van der Waals surface area contributed by atoms with Gasteiger partial charge in [-0.2, -0.15) is 5.26 Å². The lowest BCUT2D eigenvalue weighted by molar-refractivity contribution is -0.380. The Morgan fingerprint density at radius 2 is 2.37 bits per heavy atom. The van der Waals surface area contributed by atoms with Crippen LogP contribution in [-0.2, 0) is 14.3 Å². The largest absolute Gasteiger partial charge is 0.459 e. The summed E-state index contributed by atoms with van der Waals surface area (Å²) in [5.74, 6) is -0.784. The van der Waals surface area contributed by atoms with Gasteiger partial charge in [0.05, 0.1) is 11.5 Å². The first kappa shape index (κ1) is 14.8. The monoisotopic (exact) mass is 282 g/mol. The van der Waals surface area contributed by atoms with Crippen molar-refractivity contribution in [3.05, 3.63) is 32.7 Å². The molecule has 100 valence electrons. The van der Waals surface area contributed by atoms with Crippen LogP contribution in [-0.4, -0.2) is 31.2 Å². The van der Waals surface area contributed by atoms with Gasteiger partial charge in [-0.25, -0.2) is 4.79 Å². The lowest BCUT2D eigenvalue weighted by Gasteiger charge is -2.01. The molecule has 1 aromatic heterocycles. The number of ether oxygens (including phenoxy) is 2. The zero-order valence-electron chi connectivity index (χ0n) is 9.99. The Morgan fingerprint density at radius 3 is 2.89 bits per heavy atom. The molecule has 7 nitrogen and oxygen atoms in total. The van der Waals surface area contributed by atoms with Crippen LogP contribution in [0.25, 0.3) is 6.08 Å². The van der Waals surface area contributed by atoms with Crippen molar-refractivity contribution in [1.29, 1.82) is 5.26 Å². The van der Waals surface area contributed by atoms with Crippen molar-refractivity contribution in [2.45, 2.75) is 0 Å². The summed E-state index contributed by atoms with van der Waals surface area (Å²) in [4.78, 5) is 21.5. The molecule has 1 rings (SSSR count). The Bertz CT molecular complexity index is 544. The van der Waals surface area contributed by atoms with Crippen LogP contribution in [0.1, 0.15) is 5.56 Å². The second kappa shape index (κ2) is 7.25. The van der Waals surface area contributed by atoms with Crippen LogP contribution >= 0.6 is 11.3 Å². The molecular formula is C11H10N2O5S. The molecule has 0 aliphatic carbocycles. The van der Waals surface area contributed by atoms with E-state index >= 15 is 0 Å². The van der Waals surface area contributed by atoms with Crippen molar-refractivity contribution in [2.75, 3.05) is 20.3 Å². The first-order valence-electron chi connectivity index (χ1n) is 5.09. The van der Waals surface area contributed by atoms with Crippen molar-refractivity contribution in [1.82, 2.24) is 0 Å². The highest BCUT2D eigenvalue weighted by Gasteiger charge is 2.13. The summed E-state index contributed by atoms with van der Waals surface area (Å²) < 4.78 is 9.48. The molecule has 0 saturated heterocycles. The first-order chi connectivity index (χ1) is 9.08. The Balaban J connectivity index is 2.78. The van der Waals surface area contributed by atoms with Crippen LogP contribution in [0.4, 0.5) is 5.00 Å². The summed E-state index contributed by atoms with van der Waals surface area (Å²) in [6.07, 6.45) is 1.25. The third-order valence-corrected chi connectivity index (χ3v) is 2.86. The minimum atomic E-state index is -0.784. The van der Waals surface area contributed by atoms with Gasteiger partial charge in [-0.3, -0.25) is 10.1 Å². The fourth-order valence-corrected chi connectivity index (χ4v) is 1.79. The number of carbonyl (C=O) groups excluding carboxylic acids is 1. The lowest BCUT2D eigenvalue weighted by atomic mass is 10.2. The molecule has 8 heteroatoms. The third kappa shape index (κ3) is 4.50. The molecular weight excluding hydrogens is 272 g/mol. The Kier molecular flexibility index (Phi) is 5.66. The van der Waals surface area contributed by atoms with Crippen LogP contribution < -0.4 is 0 Å². The molecule has 0 aromatic carbocycles. The van der Waals surface area contributed by atoms with Gasteiger partial charge >= 0.3 is 11.0 Å². The van der Waals surface area contributed by atoms with Gasteiger partial charge in [0.1, 0.15) is 18.2 Å². The molecule has 1 aromatic rings. The summed E-state index contributed by atoms with van der Waals surface area (Å²) in [5, 5.41) is 20.8. The van der Waals surface area contributed by atoms with E-state index in [9.17, 15) is 14.9 Å². The molecule has 1 heterocycles. The van der Waals surface area contributed by atoms with Gasteiger partial charge in [0.15, 0.2) is 0 Å². The predicted octanol–water partition coefficient (Wildman–Crippen LogP) is 1.75. The molecule has 0 unspecified atom stereocenters. The highest BCUT2D eigenvalue weighted by molar-refractivity contribution is 7.13. The number of rotatable bonds is 6. The van der Waals surface area contributed by atoms with Crippen molar-refractivity contribution >= 4 is 28.4 Å². The maximum absolute atomic E-state index is 11.5. The zero-order chi connectivity index (χ0) is 14.3. The van der Waals surface area contributed by atoms with Crippen molar-refractivity contribution in [2.24, 2.45) is 0 Å². The highest BCUT2D eigenvalue weighted by atomic mass is 32.1. The van der Waals surface area contributed by atoms with Gasteiger partial charge in [-0.15, -0.1) is 0 Å². The molecule has 19 heavy (non-hydrogen) atoms. The second-order valence-electron chi connectivity index (χ2n) is 3.27. The van der Waals surface area contributed by atoms with E-state index in [1.807, 2.05) is 0 Å². The molecule has 0 aliphatic rings. The quantitative estimate of drug-likeness (QED) is 0.197. The molecule has 0 aliphatic heterocycles. The topological polar surface area (TPSA) is 102 Å². The van der Waals surface area contributed by atoms with Crippen LogP contribution in [0.3, 0.4) is 0 Å². The highest BCUT2D eigenvalue weighted by Crippen LogP contribution is 2.24. The van der Waals surface area contributed by atoms with Crippen LogP contribution in [0.2, 0.25) is 0 Å². The maximum Gasteiger partial charge on any atom is 0.348 e. The molecule has 0 bridgehead atoms. The normalized spacial score (nSPS) is 10.8. The average Bonchev–Trinajstić information content (AvgIpc) is 2.84. The van der Waals surface area contributed by atoms with Gasteiger partial charge in [-0.05, 0) is 11.6 Å². The number of carbonyl (C=O) groups is 1. The minimum Gasteiger partial charge on any atom is -0.459 e. The van der Waals surface area contributed by atoms with Crippen molar-refractivity contribution < 1.29 is 19.2 Å². The summed E-state index contributed by atoms with van der Waals surface area (Å²) in [6.45, 7) is 0.270. The molecule has 0 atom stereocenters. The summed E-state index contributed by atoms with van der Waals surface area (Å²) >= 11 is 0.918. The van der Waals surface area contributed by atoms with E-state index in [4.69, 9.17) is 14.7 Å². The van der Waals surface area contributed by atoms with E-state index in [1.54, 1.807) is 6.07 Å². The first-order valence-corrected chi connectivity index (χ1v) is 5.97. The molecule has 0 fully saturated rings. The summed E-state index contributed by atoms with van der Waals surface area (Å²) in [7, 11) is 1.46. The standard InChI is InChI=1S/C11H10N2O5S/c1-17-2-3-18-11(14)9(6-12)4-8-5-10(13(15)16)19-7-8/h4-5,7H,2-3H2,1H3/b9-4+. The smallest absolute Gasteiger partial charge is 0.348 e. The number of thiophene rings is 1. The van der Waals surface area contributed by atoms with Crippen LogP contribution in [0.5, 0.6) is 0 Å². The Labute approximate surface area is 112 Å². The lowest BCUT2D eigenvalue weighted by Crippen LogP contribution is -2.11. The Morgan fingerprint density at radius 1 is 1.63 bits per heavy atom. The molecule has 0 spiro atoms. The van der Waals surface area contributed by atoms with Gasteiger partial charge in [0.25, 0.3) is 0 Å². The number of nitrogens with zero attached hydrogens (tertiary/aromatic N) is 2. The van der Waals surface area contributed by atoms with E-state index < -0.39 is 10.9 Å². The second-order valence-corrected chi connectivity index (χ2v) is 4.16. The van der Waals surface area contributed by atoms with Crippen molar-refractivity contribution in [3.8, 4) is 6.07 Å². The number of hydrogen-bond donors (Lipinski definition) is 0. The fourth-order valence-electron chi connectivity index (χ4n) is 1.11. The number of nitro groups is 1. The number of esters is 1. The Hall–Kier alpha value is -2.24. The molecule has 0 saturated carbocycles. The summed E-state index contributed by atoms with van der Waals surface area (Å²) in [6, 6.07) is 2.98. The van der Waals surface area contributed by atoms with Crippen LogP contribution in [0.15, 0.2) is 17.0 Å². The number of nitriles is 1. The van der Waals surface area contributed by atoms with E-state index in [0.717, 1.165) is 11.3 Å². The van der Waals surface area contributed by atoms with Gasteiger partial charge < -0.3 is 9.47 Å². The number of hydrogen-bond acceptors (Lipinski definition) is 7. The molecule has 0 N–H and O–H groups in total. The van der Waals surface area contributed by atoms with Gasteiger partial charge in [0, 0.05) is 18.6 Å². The fraction of sp³-hybridized carbons (Fsp3) is 0.273. The van der Waals surface area contributed by atoms with E-state index in [-0.39, 0.29) is 23.8 Å². The molecule has 0 amide bonds. The van der Waals surface area contributed by atoms with E-state index in [0.29, 0.717) is 5.56 Å². The molecule has 0 radical (unpaired) electrons. The van der Waals surface area contributed by atoms with E-state index in [2.05, 4.69) is 0 Å². The SMILES string of the molecule is COCCOC(=O)/C(C#N)=C/c1csc([N+](=O)[O-])c1. The average molecular weight is 282 g/mol.